The maximum absolute atomic E-state index is 12.3. The van der Waals surface area contributed by atoms with Crippen LogP contribution in [0.5, 0.6) is 0 Å². The molecule has 6 nitrogen and oxygen atoms in total. The Morgan fingerprint density at radius 2 is 2.26 bits per heavy atom. The van der Waals surface area contributed by atoms with E-state index in [1.165, 1.54) is 0 Å². The van der Waals surface area contributed by atoms with E-state index in [1.54, 1.807) is 9.80 Å². The number of piperidine rings is 1. The highest BCUT2D eigenvalue weighted by Gasteiger charge is 2.27. The van der Waals surface area contributed by atoms with Crippen LogP contribution in [-0.4, -0.2) is 53.1 Å². The third-order valence-electron chi connectivity index (χ3n) is 3.40. The van der Waals surface area contributed by atoms with Gasteiger partial charge in [-0.25, -0.2) is 4.79 Å². The maximum atomic E-state index is 12.3. The fourth-order valence-corrected chi connectivity index (χ4v) is 2.43. The van der Waals surface area contributed by atoms with Crippen LogP contribution in [0.2, 0.25) is 0 Å². The van der Waals surface area contributed by atoms with Crippen molar-refractivity contribution in [2.24, 2.45) is 5.92 Å². The summed E-state index contributed by atoms with van der Waals surface area (Å²) in [4.78, 5) is 26.4. The summed E-state index contributed by atoms with van der Waals surface area (Å²) < 4.78 is 0. The Morgan fingerprint density at radius 3 is 2.84 bits per heavy atom. The lowest BCUT2D eigenvalue weighted by atomic mass is 9.95. The number of aliphatic carboxylic acids is 1. The molecule has 6 heteroatoms. The van der Waals surface area contributed by atoms with Gasteiger partial charge in [0.2, 0.25) is 0 Å². The Balaban J connectivity index is 2.55. The summed E-state index contributed by atoms with van der Waals surface area (Å²) in [7, 11) is 0. The molecule has 0 aromatic rings. The van der Waals surface area contributed by atoms with Crippen LogP contribution in [0.1, 0.15) is 32.6 Å². The molecule has 0 spiro atoms. The third-order valence-corrected chi connectivity index (χ3v) is 3.40. The van der Waals surface area contributed by atoms with Crippen LogP contribution in [0.4, 0.5) is 4.79 Å². The minimum atomic E-state index is -0.809. The van der Waals surface area contributed by atoms with Crippen LogP contribution in [0.15, 0.2) is 0 Å². The molecule has 2 amide bonds. The third kappa shape index (κ3) is 4.78. The summed E-state index contributed by atoms with van der Waals surface area (Å²) in [6, 6.07) is 1.96. The van der Waals surface area contributed by atoms with Gasteiger partial charge < -0.3 is 14.9 Å². The van der Waals surface area contributed by atoms with Gasteiger partial charge in [0.1, 0.15) is 0 Å². The zero-order chi connectivity index (χ0) is 14.3. The van der Waals surface area contributed by atoms with E-state index >= 15 is 0 Å². The van der Waals surface area contributed by atoms with Crippen molar-refractivity contribution in [3.8, 4) is 6.07 Å². The number of rotatable bonds is 5. The first kappa shape index (κ1) is 15.3. The second-order valence-electron chi connectivity index (χ2n) is 4.82. The normalized spacial score (nSPS) is 18.7. The van der Waals surface area contributed by atoms with Gasteiger partial charge in [0.05, 0.1) is 12.5 Å². The minimum absolute atomic E-state index is 0.0462. The highest BCUT2D eigenvalue weighted by atomic mass is 16.4. The Kier molecular flexibility index (Phi) is 6.13. The summed E-state index contributed by atoms with van der Waals surface area (Å²) in [6.45, 7) is 4.08. The molecule has 0 aromatic heterocycles. The van der Waals surface area contributed by atoms with Gasteiger partial charge in [-0.05, 0) is 25.7 Å². The molecule has 1 unspecified atom stereocenters. The summed E-state index contributed by atoms with van der Waals surface area (Å²) in [5, 5.41) is 17.4. The number of carboxylic acids is 1. The number of likely N-dealkylation sites (tertiary alicyclic amines) is 1. The van der Waals surface area contributed by atoms with Gasteiger partial charge in [0.15, 0.2) is 0 Å². The van der Waals surface area contributed by atoms with E-state index in [4.69, 9.17) is 10.4 Å². The largest absolute Gasteiger partial charge is 0.481 e. The van der Waals surface area contributed by atoms with E-state index in [1.807, 2.05) is 13.0 Å². The van der Waals surface area contributed by atoms with Gasteiger partial charge in [0, 0.05) is 32.6 Å². The molecule has 0 radical (unpaired) electrons. The average Bonchev–Trinajstić information content (AvgIpc) is 2.39. The van der Waals surface area contributed by atoms with Crippen LogP contribution < -0.4 is 0 Å². The number of amides is 2. The summed E-state index contributed by atoms with van der Waals surface area (Å²) >= 11 is 0. The number of nitrogens with zero attached hydrogens (tertiary/aromatic N) is 3. The SMILES string of the molecule is CCN(CCC#N)C(=O)N1CCCC(CC(=O)O)C1. The van der Waals surface area contributed by atoms with E-state index in [2.05, 4.69) is 0 Å². The van der Waals surface area contributed by atoms with Crippen molar-refractivity contribution in [1.82, 2.24) is 9.80 Å². The second kappa shape index (κ2) is 7.62. The summed E-state index contributed by atoms with van der Waals surface area (Å²) in [6.07, 6.45) is 2.15. The van der Waals surface area contributed by atoms with Crippen molar-refractivity contribution in [2.45, 2.75) is 32.6 Å². The average molecular weight is 267 g/mol. The first-order valence-corrected chi connectivity index (χ1v) is 6.71. The van der Waals surface area contributed by atoms with Crippen molar-refractivity contribution in [2.75, 3.05) is 26.2 Å². The highest BCUT2D eigenvalue weighted by molar-refractivity contribution is 5.74. The molecule has 1 fully saturated rings. The molecule has 106 valence electrons. The quantitative estimate of drug-likeness (QED) is 0.818. The van der Waals surface area contributed by atoms with Crippen molar-refractivity contribution >= 4 is 12.0 Å². The van der Waals surface area contributed by atoms with E-state index in [0.717, 1.165) is 12.8 Å². The van der Waals surface area contributed by atoms with Crippen LogP contribution in [0.3, 0.4) is 0 Å². The van der Waals surface area contributed by atoms with Crippen LogP contribution in [0.25, 0.3) is 0 Å². The van der Waals surface area contributed by atoms with Crippen molar-refractivity contribution in [1.29, 1.82) is 5.26 Å². The van der Waals surface area contributed by atoms with Crippen molar-refractivity contribution in [3.05, 3.63) is 0 Å². The number of carboxylic acid groups (broad SMARTS) is 1. The molecule has 1 aliphatic rings. The van der Waals surface area contributed by atoms with Gasteiger partial charge >= 0.3 is 12.0 Å². The zero-order valence-corrected chi connectivity index (χ0v) is 11.3. The number of carbonyl (C=O) groups excluding carboxylic acids is 1. The van der Waals surface area contributed by atoms with Crippen LogP contribution in [-0.2, 0) is 4.79 Å². The smallest absolute Gasteiger partial charge is 0.320 e. The van der Waals surface area contributed by atoms with Gasteiger partial charge in [-0.1, -0.05) is 0 Å². The van der Waals surface area contributed by atoms with Crippen LogP contribution >= 0.6 is 0 Å². The fourth-order valence-electron chi connectivity index (χ4n) is 2.43. The molecule has 0 bridgehead atoms. The van der Waals surface area contributed by atoms with Gasteiger partial charge in [-0.15, -0.1) is 0 Å². The summed E-state index contributed by atoms with van der Waals surface area (Å²) in [5.41, 5.74) is 0. The first-order chi connectivity index (χ1) is 9.08. The molecule has 1 heterocycles. The van der Waals surface area contributed by atoms with Gasteiger partial charge in [-0.3, -0.25) is 4.79 Å². The number of urea groups is 1. The molecule has 1 saturated heterocycles. The molecule has 1 aliphatic heterocycles. The Hall–Kier alpha value is -1.77. The van der Waals surface area contributed by atoms with E-state index < -0.39 is 5.97 Å². The molecule has 1 N–H and O–H groups in total. The van der Waals surface area contributed by atoms with E-state index in [0.29, 0.717) is 32.6 Å². The Morgan fingerprint density at radius 1 is 1.53 bits per heavy atom. The van der Waals surface area contributed by atoms with E-state index in [-0.39, 0.29) is 18.4 Å². The molecular weight excluding hydrogens is 246 g/mol. The molecule has 0 aromatic carbocycles. The Labute approximate surface area is 113 Å². The second-order valence-corrected chi connectivity index (χ2v) is 4.82. The number of hydrogen-bond donors (Lipinski definition) is 1. The monoisotopic (exact) mass is 267 g/mol. The minimum Gasteiger partial charge on any atom is -0.481 e. The highest BCUT2D eigenvalue weighted by Crippen LogP contribution is 2.20. The predicted octanol–water partition coefficient (Wildman–Crippen LogP) is 1.53. The van der Waals surface area contributed by atoms with Crippen LogP contribution in [0, 0.1) is 17.2 Å². The Bertz CT molecular complexity index is 365. The first-order valence-electron chi connectivity index (χ1n) is 6.71. The lowest BCUT2D eigenvalue weighted by Gasteiger charge is -2.35. The van der Waals surface area contributed by atoms with Crippen molar-refractivity contribution in [3.63, 3.8) is 0 Å². The zero-order valence-electron chi connectivity index (χ0n) is 11.3. The van der Waals surface area contributed by atoms with Gasteiger partial charge in [-0.2, -0.15) is 5.26 Å². The number of carbonyl (C=O) groups is 2. The van der Waals surface area contributed by atoms with Crippen molar-refractivity contribution < 1.29 is 14.7 Å². The molecule has 1 atom stereocenters. The lowest BCUT2D eigenvalue weighted by molar-refractivity contribution is -0.138. The molecular formula is C13H21N3O3. The van der Waals surface area contributed by atoms with Gasteiger partial charge in [0.25, 0.3) is 0 Å². The topological polar surface area (TPSA) is 84.6 Å². The predicted molar refractivity (Wildman–Crippen MR) is 69.4 cm³/mol. The number of nitriles is 1. The molecule has 0 saturated carbocycles. The summed E-state index contributed by atoms with van der Waals surface area (Å²) in [5.74, 6) is -0.763. The standard InChI is InChI=1S/C13H21N3O3/c1-2-15(8-4-6-14)13(19)16-7-3-5-11(10-16)9-12(17)18/h11H,2-5,7-10H2,1H3,(H,17,18). The molecule has 0 aliphatic carbocycles. The molecule has 1 rings (SSSR count). The van der Waals surface area contributed by atoms with E-state index in [9.17, 15) is 9.59 Å². The maximum Gasteiger partial charge on any atom is 0.320 e. The fraction of sp³-hybridized carbons (Fsp3) is 0.769. The lowest BCUT2D eigenvalue weighted by Crippen LogP contribution is -2.48. The molecule has 19 heavy (non-hydrogen) atoms. The number of hydrogen-bond acceptors (Lipinski definition) is 3.